The van der Waals surface area contributed by atoms with E-state index < -0.39 is 6.36 Å². The molecule has 186 valence electrons. The van der Waals surface area contributed by atoms with Crippen LogP contribution in [0.5, 0.6) is 17.2 Å². The fourth-order valence-corrected chi connectivity index (χ4v) is 3.11. The van der Waals surface area contributed by atoms with Gasteiger partial charge in [-0.25, -0.2) is 9.97 Å². The quantitative estimate of drug-likeness (QED) is 0.462. The van der Waals surface area contributed by atoms with Crippen LogP contribution in [0.4, 0.5) is 13.2 Å². The zero-order valence-corrected chi connectivity index (χ0v) is 18.7. The molecule has 3 aromatic rings. The number of hydrogen-bond acceptors (Lipinski definition) is 7. The zero-order chi connectivity index (χ0) is 25.3. The van der Waals surface area contributed by atoms with Crippen LogP contribution in [0.15, 0.2) is 54.6 Å². The summed E-state index contributed by atoms with van der Waals surface area (Å²) in [7, 11) is 0. The average molecular weight is 490 g/mol. The molecule has 0 saturated carbocycles. The molecule has 1 saturated heterocycles. The van der Waals surface area contributed by atoms with Gasteiger partial charge >= 0.3 is 6.36 Å². The molecular weight excluding hydrogens is 465 g/mol. The number of ether oxygens (including phenoxy) is 2. The van der Waals surface area contributed by atoms with E-state index in [0.29, 0.717) is 35.1 Å². The minimum atomic E-state index is -4.74. The van der Waals surface area contributed by atoms with E-state index in [4.69, 9.17) is 15.6 Å². The lowest BCUT2D eigenvalue weighted by Crippen LogP contribution is -2.16. The van der Waals surface area contributed by atoms with Gasteiger partial charge < -0.3 is 25.6 Å². The van der Waals surface area contributed by atoms with Crippen LogP contribution in [-0.2, 0) is 17.8 Å². The number of aliphatic hydroxyl groups is 1. The molecule has 8 nitrogen and oxygen atoms in total. The van der Waals surface area contributed by atoms with E-state index in [-0.39, 0.29) is 24.8 Å². The third-order valence-electron chi connectivity index (χ3n) is 4.72. The van der Waals surface area contributed by atoms with Crippen molar-refractivity contribution < 1.29 is 32.5 Å². The van der Waals surface area contributed by atoms with Crippen LogP contribution in [0, 0.1) is 0 Å². The molecule has 2 heterocycles. The highest BCUT2D eigenvalue weighted by Crippen LogP contribution is 2.28. The van der Waals surface area contributed by atoms with Gasteiger partial charge in [0.05, 0.1) is 5.69 Å². The van der Waals surface area contributed by atoms with E-state index in [2.05, 4.69) is 20.0 Å². The Morgan fingerprint density at radius 3 is 2.06 bits per heavy atom. The Hall–Kier alpha value is -3.70. The minimum absolute atomic E-state index is 0.0277. The van der Waals surface area contributed by atoms with Crippen LogP contribution >= 0.6 is 0 Å². The maximum Gasteiger partial charge on any atom is 0.573 e. The molecule has 0 bridgehead atoms. The van der Waals surface area contributed by atoms with Gasteiger partial charge in [0.2, 0.25) is 5.91 Å². The third kappa shape index (κ3) is 8.54. The Bertz CT molecular complexity index is 1100. The van der Waals surface area contributed by atoms with Crippen molar-refractivity contribution in [2.24, 2.45) is 5.73 Å². The SMILES string of the molecule is NCc1cc(CCO)nc(-c2ccc(Oc3ccc(OC(F)(F)F)cc3)cc2)n1.O=C1CCCN1. The molecule has 1 fully saturated rings. The van der Waals surface area contributed by atoms with Crippen LogP contribution < -0.4 is 20.5 Å². The average Bonchev–Trinajstić information content (AvgIpc) is 3.31. The van der Waals surface area contributed by atoms with E-state index in [1.165, 1.54) is 24.3 Å². The first-order valence-corrected chi connectivity index (χ1v) is 10.8. The standard InChI is InChI=1S/C20H18F3N3O3.C4H7NO/c21-20(22,23)29-18-7-5-17(6-8-18)28-16-3-1-13(2-4-16)19-25-14(9-10-27)11-15(12-24)26-19;6-4-2-1-3-5-4/h1-8,11,27H,9-10,12,24H2;1-3H2,(H,5,6). The zero-order valence-electron chi connectivity index (χ0n) is 18.7. The summed E-state index contributed by atoms with van der Waals surface area (Å²) in [6.07, 6.45) is -2.57. The van der Waals surface area contributed by atoms with Crippen molar-refractivity contribution in [1.29, 1.82) is 0 Å². The van der Waals surface area contributed by atoms with Crippen molar-refractivity contribution in [3.8, 4) is 28.6 Å². The Balaban J connectivity index is 0.000000497. The highest BCUT2D eigenvalue weighted by Gasteiger charge is 2.31. The summed E-state index contributed by atoms with van der Waals surface area (Å²) in [5.41, 5.74) is 7.77. The van der Waals surface area contributed by atoms with Crippen LogP contribution in [-0.4, -0.2) is 40.5 Å². The lowest BCUT2D eigenvalue weighted by molar-refractivity contribution is -0.274. The van der Waals surface area contributed by atoms with Crippen molar-refractivity contribution in [3.63, 3.8) is 0 Å². The maximum absolute atomic E-state index is 12.2. The summed E-state index contributed by atoms with van der Waals surface area (Å²) < 4.78 is 46.1. The van der Waals surface area contributed by atoms with Crippen LogP contribution in [0.2, 0.25) is 0 Å². The van der Waals surface area contributed by atoms with Crippen molar-refractivity contribution in [2.45, 2.75) is 32.2 Å². The predicted octanol–water partition coefficient (Wildman–Crippen LogP) is 3.72. The van der Waals surface area contributed by atoms with Gasteiger partial charge in [-0.15, -0.1) is 13.2 Å². The molecular formula is C24H25F3N4O4. The number of nitrogens with two attached hydrogens (primary N) is 1. The number of alkyl halides is 3. The maximum atomic E-state index is 12.2. The van der Waals surface area contributed by atoms with Gasteiger partial charge in [0.25, 0.3) is 0 Å². The number of carbonyl (C=O) groups excluding carboxylic acids is 1. The van der Waals surface area contributed by atoms with E-state index >= 15 is 0 Å². The lowest BCUT2D eigenvalue weighted by Gasteiger charge is -2.10. The highest BCUT2D eigenvalue weighted by molar-refractivity contribution is 5.77. The summed E-state index contributed by atoms with van der Waals surface area (Å²) in [6, 6.07) is 13.8. The number of amides is 1. The van der Waals surface area contributed by atoms with E-state index in [9.17, 15) is 18.0 Å². The lowest BCUT2D eigenvalue weighted by atomic mass is 10.2. The Morgan fingerprint density at radius 1 is 0.971 bits per heavy atom. The first kappa shape index (κ1) is 25.9. The number of rotatable bonds is 7. The molecule has 0 radical (unpaired) electrons. The van der Waals surface area contributed by atoms with Crippen LogP contribution in [0.25, 0.3) is 11.4 Å². The second-order valence-electron chi connectivity index (χ2n) is 7.45. The first-order valence-electron chi connectivity index (χ1n) is 10.8. The van der Waals surface area contributed by atoms with E-state index in [1.54, 1.807) is 30.3 Å². The molecule has 0 aliphatic carbocycles. The largest absolute Gasteiger partial charge is 0.573 e. The second-order valence-corrected chi connectivity index (χ2v) is 7.45. The molecule has 35 heavy (non-hydrogen) atoms. The second kappa shape index (κ2) is 12.1. The number of nitrogens with zero attached hydrogens (tertiary/aromatic N) is 2. The number of halogens is 3. The van der Waals surface area contributed by atoms with E-state index in [1.807, 2.05) is 0 Å². The number of carbonyl (C=O) groups is 1. The van der Waals surface area contributed by atoms with E-state index in [0.717, 1.165) is 24.9 Å². The Labute approximate surface area is 199 Å². The number of nitrogens with one attached hydrogen (secondary N) is 1. The number of aromatic nitrogens is 2. The Kier molecular flexibility index (Phi) is 8.98. The molecule has 1 aliphatic rings. The molecule has 4 rings (SSSR count). The van der Waals surface area contributed by atoms with Gasteiger partial charge in [0.15, 0.2) is 5.82 Å². The molecule has 4 N–H and O–H groups in total. The van der Waals surface area contributed by atoms with Gasteiger partial charge in [0, 0.05) is 43.8 Å². The predicted molar refractivity (Wildman–Crippen MR) is 122 cm³/mol. The van der Waals surface area contributed by atoms with Gasteiger partial charge in [0.1, 0.15) is 17.2 Å². The highest BCUT2D eigenvalue weighted by atomic mass is 19.4. The molecule has 1 aliphatic heterocycles. The molecule has 1 aromatic heterocycles. The molecule has 2 aromatic carbocycles. The first-order chi connectivity index (χ1) is 16.8. The minimum Gasteiger partial charge on any atom is -0.457 e. The van der Waals surface area contributed by atoms with Crippen LogP contribution in [0.1, 0.15) is 24.2 Å². The number of aliphatic hydroxyl groups excluding tert-OH is 1. The van der Waals surface area contributed by atoms with Crippen molar-refractivity contribution in [1.82, 2.24) is 15.3 Å². The molecule has 0 spiro atoms. The molecule has 0 atom stereocenters. The Morgan fingerprint density at radius 2 is 1.57 bits per heavy atom. The smallest absolute Gasteiger partial charge is 0.457 e. The van der Waals surface area contributed by atoms with Gasteiger partial charge in [-0.3, -0.25) is 4.79 Å². The number of benzene rings is 2. The molecule has 0 unspecified atom stereocenters. The van der Waals surface area contributed by atoms with Crippen molar-refractivity contribution in [2.75, 3.05) is 13.2 Å². The summed E-state index contributed by atoms with van der Waals surface area (Å²) in [5.74, 6) is 1.21. The normalized spacial score (nSPS) is 13.0. The summed E-state index contributed by atoms with van der Waals surface area (Å²) >= 11 is 0. The topological polar surface area (TPSA) is 120 Å². The molecule has 11 heteroatoms. The fraction of sp³-hybridized carbons (Fsp3) is 0.292. The summed E-state index contributed by atoms with van der Waals surface area (Å²) in [6.45, 7) is 1.11. The van der Waals surface area contributed by atoms with Gasteiger partial charge in [-0.1, -0.05) is 0 Å². The summed E-state index contributed by atoms with van der Waals surface area (Å²) in [4.78, 5) is 18.9. The monoisotopic (exact) mass is 490 g/mol. The van der Waals surface area contributed by atoms with Crippen molar-refractivity contribution in [3.05, 3.63) is 66.0 Å². The third-order valence-corrected chi connectivity index (χ3v) is 4.72. The number of hydrogen-bond donors (Lipinski definition) is 3. The van der Waals surface area contributed by atoms with Gasteiger partial charge in [-0.2, -0.15) is 0 Å². The summed E-state index contributed by atoms with van der Waals surface area (Å²) in [5, 5.41) is 11.8. The van der Waals surface area contributed by atoms with Crippen LogP contribution in [0.3, 0.4) is 0 Å². The van der Waals surface area contributed by atoms with Crippen molar-refractivity contribution >= 4 is 5.91 Å². The molecule has 1 amide bonds. The fourth-order valence-electron chi connectivity index (χ4n) is 3.11. The van der Waals surface area contributed by atoms with Gasteiger partial charge in [-0.05, 0) is 61.0 Å².